The van der Waals surface area contributed by atoms with Crippen LogP contribution in [0.2, 0.25) is 0 Å². The highest BCUT2D eigenvalue weighted by Gasteiger charge is 2.22. The van der Waals surface area contributed by atoms with E-state index in [0.29, 0.717) is 11.6 Å². The van der Waals surface area contributed by atoms with Gasteiger partial charge in [0.1, 0.15) is 11.6 Å². The first-order valence-corrected chi connectivity index (χ1v) is 8.46. The minimum absolute atomic E-state index is 0. The molecule has 0 radical (unpaired) electrons. The van der Waals surface area contributed by atoms with Crippen LogP contribution in [-0.4, -0.2) is 17.6 Å². The molecule has 0 fully saturated rings. The third kappa shape index (κ3) is 3.70. The second-order valence-corrected chi connectivity index (χ2v) is 6.51. The van der Waals surface area contributed by atoms with Crippen molar-refractivity contribution in [3.8, 4) is 0 Å². The molecule has 5 heteroatoms. The van der Waals surface area contributed by atoms with Crippen molar-refractivity contribution in [2.75, 3.05) is 6.54 Å². The fourth-order valence-electron chi connectivity index (χ4n) is 3.65. The van der Waals surface area contributed by atoms with Gasteiger partial charge in [-0.05, 0) is 61.6 Å². The van der Waals surface area contributed by atoms with Gasteiger partial charge in [0.15, 0.2) is 0 Å². The summed E-state index contributed by atoms with van der Waals surface area (Å²) in [6.45, 7) is 0.863. The second-order valence-electron chi connectivity index (χ2n) is 6.51. The van der Waals surface area contributed by atoms with Crippen molar-refractivity contribution in [2.45, 2.75) is 31.7 Å². The number of hydrogen-bond acceptors (Lipinski definition) is 1. The molecule has 1 heterocycles. The number of fused-ring (bicyclic) bond motifs is 3. The van der Waals surface area contributed by atoms with Crippen LogP contribution in [0.15, 0.2) is 42.5 Å². The van der Waals surface area contributed by atoms with E-state index in [1.165, 1.54) is 29.5 Å². The van der Waals surface area contributed by atoms with Crippen LogP contribution in [0.1, 0.15) is 23.2 Å². The lowest BCUT2D eigenvalue weighted by molar-refractivity contribution is 0.460. The lowest BCUT2D eigenvalue weighted by Gasteiger charge is -2.23. The minimum atomic E-state index is -0.196. The maximum absolute atomic E-state index is 13.9. The molecule has 2 aromatic carbocycles. The van der Waals surface area contributed by atoms with Gasteiger partial charge in [0, 0.05) is 17.1 Å². The fraction of sp³-hybridized carbons (Fsp3) is 0.300. The second kappa shape index (κ2) is 7.54. The highest BCUT2D eigenvalue weighted by Crippen LogP contribution is 2.30. The maximum Gasteiger partial charge on any atom is 0.147 e. The van der Waals surface area contributed by atoms with E-state index in [9.17, 15) is 8.78 Å². The number of aryl methyl sites for hydroxylation is 1. The largest absolute Gasteiger partial charge is 0.356 e. The van der Waals surface area contributed by atoms with E-state index in [1.54, 1.807) is 6.07 Å². The third-order valence-electron chi connectivity index (χ3n) is 4.93. The first-order valence-electron chi connectivity index (χ1n) is 8.46. The summed E-state index contributed by atoms with van der Waals surface area (Å²) in [6, 6.07) is 12.3. The van der Waals surface area contributed by atoms with E-state index >= 15 is 0 Å². The first-order chi connectivity index (χ1) is 11.7. The molecule has 1 aliphatic rings. The standard InChI is InChI=1S/C20H20F2N2.ClH/c21-14-6-4-13(5-7-14)10-11-23-15-8-9-19-17(12-15)16-2-1-3-18(22)20(16)24-19;/h1-7,15,23-24H,8-12H2;1H. The molecular formula is C20H21ClF2N2. The summed E-state index contributed by atoms with van der Waals surface area (Å²) in [4.78, 5) is 3.25. The van der Waals surface area contributed by atoms with E-state index in [-0.39, 0.29) is 24.0 Å². The van der Waals surface area contributed by atoms with Crippen LogP contribution in [-0.2, 0) is 19.3 Å². The van der Waals surface area contributed by atoms with Gasteiger partial charge < -0.3 is 10.3 Å². The molecule has 2 N–H and O–H groups in total. The fourth-order valence-corrected chi connectivity index (χ4v) is 3.65. The Bertz CT molecular complexity index is 858. The number of H-pyrrole nitrogens is 1. The summed E-state index contributed by atoms with van der Waals surface area (Å²) in [6.07, 6.45) is 3.79. The monoisotopic (exact) mass is 362 g/mol. The van der Waals surface area contributed by atoms with E-state index in [0.717, 1.165) is 43.2 Å². The van der Waals surface area contributed by atoms with Gasteiger partial charge in [0.2, 0.25) is 0 Å². The van der Waals surface area contributed by atoms with Crippen LogP contribution in [0.4, 0.5) is 8.78 Å². The number of para-hydroxylation sites is 1. The number of benzene rings is 2. The van der Waals surface area contributed by atoms with E-state index in [4.69, 9.17) is 0 Å². The van der Waals surface area contributed by atoms with Gasteiger partial charge in [-0.15, -0.1) is 12.4 Å². The van der Waals surface area contributed by atoms with Gasteiger partial charge in [0.25, 0.3) is 0 Å². The van der Waals surface area contributed by atoms with E-state index in [2.05, 4.69) is 10.3 Å². The Kier molecular flexibility index (Phi) is 5.40. The van der Waals surface area contributed by atoms with Gasteiger partial charge in [0.05, 0.1) is 5.52 Å². The van der Waals surface area contributed by atoms with Crippen LogP contribution in [0.3, 0.4) is 0 Å². The Balaban J connectivity index is 0.00000182. The molecule has 0 aliphatic heterocycles. The van der Waals surface area contributed by atoms with Crippen LogP contribution < -0.4 is 5.32 Å². The Morgan fingerprint density at radius 3 is 2.68 bits per heavy atom. The van der Waals surface area contributed by atoms with Gasteiger partial charge in [-0.25, -0.2) is 8.78 Å². The highest BCUT2D eigenvalue weighted by atomic mass is 35.5. The molecule has 1 aromatic heterocycles. The Labute approximate surface area is 152 Å². The summed E-state index contributed by atoms with van der Waals surface area (Å²) in [5.74, 6) is -0.374. The third-order valence-corrected chi connectivity index (χ3v) is 4.93. The molecule has 1 atom stereocenters. The number of nitrogens with one attached hydrogen (secondary N) is 2. The topological polar surface area (TPSA) is 27.8 Å². The normalized spacial score (nSPS) is 16.5. The summed E-state index contributed by atoms with van der Waals surface area (Å²) < 4.78 is 26.8. The smallest absolute Gasteiger partial charge is 0.147 e. The maximum atomic E-state index is 13.9. The van der Waals surface area contributed by atoms with E-state index in [1.807, 2.05) is 18.2 Å². The Morgan fingerprint density at radius 1 is 1.08 bits per heavy atom. The van der Waals surface area contributed by atoms with Crippen LogP contribution in [0.5, 0.6) is 0 Å². The molecule has 0 spiro atoms. The summed E-state index contributed by atoms with van der Waals surface area (Å²) in [5.41, 5.74) is 4.19. The number of hydrogen-bond donors (Lipinski definition) is 2. The molecule has 132 valence electrons. The zero-order chi connectivity index (χ0) is 16.5. The summed E-state index contributed by atoms with van der Waals surface area (Å²) >= 11 is 0. The molecule has 4 rings (SSSR count). The molecule has 0 amide bonds. The predicted molar refractivity (Wildman–Crippen MR) is 99.4 cm³/mol. The number of rotatable bonds is 4. The molecule has 2 nitrogen and oxygen atoms in total. The lowest BCUT2D eigenvalue weighted by atomic mass is 9.91. The Hall–Kier alpha value is -1.91. The Morgan fingerprint density at radius 2 is 1.88 bits per heavy atom. The average Bonchev–Trinajstić information content (AvgIpc) is 2.96. The summed E-state index contributed by atoms with van der Waals surface area (Å²) in [7, 11) is 0. The van der Waals surface area contributed by atoms with Crippen LogP contribution >= 0.6 is 12.4 Å². The van der Waals surface area contributed by atoms with Crippen molar-refractivity contribution in [1.29, 1.82) is 0 Å². The number of halogens is 3. The lowest BCUT2D eigenvalue weighted by Crippen LogP contribution is -2.35. The van der Waals surface area contributed by atoms with Crippen molar-refractivity contribution >= 4 is 23.3 Å². The van der Waals surface area contributed by atoms with E-state index < -0.39 is 0 Å². The van der Waals surface area contributed by atoms with Gasteiger partial charge >= 0.3 is 0 Å². The molecule has 0 saturated carbocycles. The average molecular weight is 363 g/mol. The quantitative estimate of drug-likeness (QED) is 0.699. The van der Waals surface area contributed by atoms with Gasteiger partial charge in [-0.3, -0.25) is 0 Å². The highest BCUT2D eigenvalue weighted by molar-refractivity contribution is 5.85. The van der Waals surface area contributed by atoms with Gasteiger partial charge in [-0.1, -0.05) is 24.3 Å². The minimum Gasteiger partial charge on any atom is -0.356 e. The predicted octanol–water partition coefficient (Wildman–Crippen LogP) is 4.56. The summed E-state index contributed by atoms with van der Waals surface area (Å²) in [5, 5.41) is 4.60. The molecule has 1 unspecified atom stereocenters. The zero-order valence-corrected chi connectivity index (χ0v) is 14.6. The van der Waals surface area contributed by atoms with Crippen molar-refractivity contribution in [2.24, 2.45) is 0 Å². The molecule has 0 saturated heterocycles. The van der Waals surface area contributed by atoms with Gasteiger partial charge in [-0.2, -0.15) is 0 Å². The molecule has 0 bridgehead atoms. The van der Waals surface area contributed by atoms with Crippen molar-refractivity contribution < 1.29 is 8.78 Å². The molecular weight excluding hydrogens is 342 g/mol. The first kappa shape index (κ1) is 17.9. The molecule has 25 heavy (non-hydrogen) atoms. The van der Waals surface area contributed by atoms with Crippen LogP contribution in [0.25, 0.3) is 10.9 Å². The van der Waals surface area contributed by atoms with Crippen molar-refractivity contribution in [1.82, 2.24) is 10.3 Å². The van der Waals surface area contributed by atoms with Crippen LogP contribution in [0, 0.1) is 11.6 Å². The molecule has 1 aliphatic carbocycles. The van der Waals surface area contributed by atoms with Crippen molar-refractivity contribution in [3.63, 3.8) is 0 Å². The zero-order valence-electron chi connectivity index (χ0n) is 13.8. The SMILES string of the molecule is Cl.Fc1ccc(CCNC2CCc3[nH]c4c(F)cccc4c3C2)cc1. The number of aromatic amines is 1. The molecule has 3 aromatic rings. The van der Waals surface area contributed by atoms with Crippen molar-refractivity contribution in [3.05, 3.63) is 70.9 Å². The number of aromatic nitrogens is 1.